The molecule has 0 aromatic heterocycles. The first kappa shape index (κ1) is 14.9. The van der Waals surface area contributed by atoms with E-state index in [1.54, 1.807) is 0 Å². The van der Waals surface area contributed by atoms with E-state index in [2.05, 4.69) is 41.6 Å². The van der Waals surface area contributed by atoms with Crippen molar-refractivity contribution >= 4 is 40.1 Å². The molecule has 0 saturated carbocycles. The number of ether oxygens (including phenoxy) is 1. The van der Waals surface area contributed by atoms with Crippen LogP contribution < -0.4 is 0 Å². The molecule has 0 radical (unpaired) electrons. The standard InChI is InChI=1S/C17H15ClINO/c1-10-8-13(18)9-14(15(10)19)17-20-11(2)16(21-17)12-6-4-3-5-7-12/h3-9,11,16H,1-2H3/t11-,16+/m0/s1. The Balaban J connectivity index is 1.94. The molecule has 0 bridgehead atoms. The summed E-state index contributed by atoms with van der Waals surface area (Å²) in [6.45, 7) is 4.12. The highest BCUT2D eigenvalue weighted by atomic mass is 127. The zero-order chi connectivity index (χ0) is 15.0. The van der Waals surface area contributed by atoms with Crippen molar-refractivity contribution in [2.24, 2.45) is 4.99 Å². The maximum absolute atomic E-state index is 6.18. The lowest BCUT2D eigenvalue weighted by molar-refractivity contribution is 0.202. The van der Waals surface area contributed by atoms with Gasteiger partial charge in [-0.15, -0.1) is 0 Å². The van der Waals surface area contributed by atoms with Crippen LogP contribution in [-0.4, -0.2) is 11.9 Å². The Morgan fingerprint density at radius 1 is 1.19 bits per heavy atom. The molecule has 2 atom stereocenters. The number of hydrogen-bond acceptors (Lipinski definition) is 2. The fourth-order valence-electron chi connectivity index (χ4n) is 2.51. The molecule has 2 nitrogen and oxygen atoms in total. The number of hydrogen-bond donors (Lipinski definition) is 0. The topological polar surface area (TPSA) is 21.6 Å². The second-order valence-electron chi connectivity index (χ2n) is 5.21. The van der Waals surface area contributed by atoms with Crippen LogP contribution in [-0.2, 0) is 4.74 Å². The molecule has 0 spiro atoms. The summed E-state index contributed by atoms with van der Waals surface area (Å²) in [5.74, 6) is 0.686. The van der Waals surface area contributed by atoms with Crippen LogP contribution in [0.5, 0.6) is 0 Å². The largest absolute Gasteiger partial charge is 0.467 e. The van der Waals surface area contributed by atoms with E-state index in [1.807, 2.05) is 37.3 Å². The lowest BCUT2D eigenvalue weighted by atomic mass is 10.0. The summed E-state index contributed by atoms with van der Waals surface area (Å²) in [4.78, 5) is 4.69. The molecule has 1 heterocycles. The van der Waals surface area contributed by atoms with Crippen molar-refractivity contribution < 1.29 is 4.74 Å². The van der Waals surface area contributed by atoms with E-state index in [0.717, 1.165) is 20.3 Å². The average molecular weight is 412 g/mol. The van der Waals surface area contributed by atoms with E-state index in [9.17, 15) is 0 Å². The third kappa shape index (κ3) is 2.94. The molecule has 2 aromatic rings. The van der Waals surface area contributed by atoms with Crippen molar-refractivity contribution in [2.75, 3.05) is 0 Å². The molecule has 3 rings (SSSR count). The zero-order valence-electron chi connectivity index (χ0n) is 11.8. The number of halogens is 2. The maximum Gasteiger partial charge on any atom is 0.218 e. The van der Waals surface area contributed by atoms with E-state index >= 15 is 0 Å². The second-order valence-corrected chi connectivity index (χ2v) is 6.72. The molecule has 0 N–H and O–H groups in total. The minimum absolute atomic E-state index is 0.0312. The van der Waals surface area contributed by atoms with Gasteiger partial charge in [0.05, 0.1) is 11.6 Å². The van der Waals surface area contributed by atoms with Crippen LogP contribution in [0.3, 0.4) is 0 Å². The molecular formula is C17H15ClINO. The predicted molar refractivity (Wildman–Crippen MR) is 95.2 cm³/mol. The minimum Gasteiger partial charge on any atom is -0.467 e. The number of aryl methyl sites for hydroxylation is 1. The quantitative estimate of drug-likeness (QED) is 0.626. The van der Waals surface area contributed by atoms with Gasteiger partial charge in [-0.25, -0.2) is 4.99 Å². The van der Waals surface area contributed by atoms with E-state index < -0.39 is 0 Å². The van der Waals surface area contributed by atoms with Crippen LogP contribution in [0.15, 0.2) is 47.5 Å². The molecule has 108 valence electrons. The van der Waals surface area contributed by atoms with Crippen LogP contribution in [0.25, 0.3) is 0 Å². The molecule has 1 aliphatic rings. The fourth-order valence-corrected chi connectivity index (χ4v) is 3.32. The molecular weight excluding hydrogens is 397 g/mol. The molecule has 4 heteroatoms. The van der Waals surface area contributed by atoms with Crippen LogP contribution >= 0.6 is 34.2 Å². The lowest BCUT2D eigenvalue weighted by Crippen LogP contribution is -2.11. The molecule has 0 fully saturated rings. The summed E-state index contributed by atoms with van der Waals surface area (Å²) in [6.07, 6.45) is -0.0312. The lowest BCUT2D eigenvalue weighted by Gasteiger charge is -2.15. The van der Waals surface area contributed by atoms with Crippen molar-refractivity contribution in [3.63, 3.8) is 0 Å². The molecule has 0 unspecified atom stereocenters. The highest BCUT2D eigenvalue weighted by molar-refractivity contribution is 14.1. The van der Waals surface area contributed by atoms with Gasteiger partial charge >= 0.3 is 0 Å². The Morgan fingerprint density at radius 3 is 2.62 bits per heavy atom. The Labute approximate surface area is 143 Å². The monoisotopic (exact) mass is 411 g/mol. The van der Waals surface area contributed by atoms with Gasteiger partial charge in [-0.2, -0.15) is 0 Å². The summed E-state index contributed by atoms with van der Waals surface area (Å²) in [7, 11) is 0. The highest BCUT2D eigenvalue weighted by Gasteiger charge is 2.30. The first-order valence-corrected chi connectivity index (χ1v) is 8.27. The van der Waals surface area contributed by atoms with Gasteiger partial charge in [-0.3, -0.25) is 0 Å². The summed E-state index contributed by atoms with van der Waals surface area (Å²) < 4.78 is 7.26. The van der Waals surface area contributed by atoms with Gasteiger partial charge in [-0.05, 0) is 59.7 Å². The molecule has 0 saturated heterocycles. The Morgan fingerprint density at radius 2 is 1.90 bits per heavy atom. The van der Waals surface area contributed by atoms with Gasteiger partial charge in [0.15, 0.2) is 0 Å². The van der Waals surface area contributed by atoms with E-state index in [1.165, 1.54) is 0 Å². The van der Waals surface area contributed by atoms with Crippen molar-refractivity contribution in [1.29, 1.82) is 0 Å². The molecule has 0 amide bonds. The zero-order valence-corrected chi connectivity index (χ0v) is 14.7. The van der Waals surface area contributed by atoms with E-state index in [0.29, 0.717) is 10.9 Å². The van der Waals surface area contributed by atoms with Crippen LogP contribution in [0.1, 0.15) is 29.7 Å². The highest BCUT2D eigenvalue weighted by Crippen LogP contribution is 2.33. The maximum atomic E-state index is 6.18. The van der Waals surface area contributed by atoms with Gasteiger partial charge in [-0.1, -0.05) is 41.9 Å². The summed E-state index contributed by atoms with van der Waals surface area (Å²) in [5, 5.41) is 0.713. The number of rotatable bonds is 2. The minimum atomic E-state index is -0.0312. The van der Waals surface area contributed by atoms with E-state index in [4.69, 9.17) is 21.3 Å². The molecule has 2 aromatic carbocycles. The van der Waals surface area contributed by atoms with Crippen molar-refractivity contribution in [3.05, 3.63) is 67.7 Å². The van der Waals surface area contributed by atoms with Gasteiger partial charge in [0.2, 0.25) is 5.90 Å². The third-order valence-corrected chi connectivity index (χ3v) is 5.23. The van der Waals surface area contributed by atoms with Crippen molar-refractivity contribution in [3.8, 4) is 0 Å². The van der Waals surface area contributed by atoms with Crippen LogP contribution in [0.2, 0.25) is 5.02 Å². The van der Waals surface area contributed by atoms with Crippen molar-refractivity contribution in [1.82, 2.24) is 0 Å². The number of aliphatic imine (C=N–C) groups is 1. The third-order valence-electron chi connectivity index (χ3n) is 3.58. The molecule has 0 aliphatic carbocycles. The Bertz CT molecular complexity index is 699. The number of benzene rings is 2. The normalized spacial score (nSPS) is 21.0. The first-order chi connectivity index (χ1) is 10.1. The van der Waals surface area contributed by atoms with Crippen molar-refractivity contribution in [2.45, 2.75) is 26.0 Å². The van der Waals surface area contributed by atoms with Gasteiger partial charge < -0.3 is 4.74 Å². The van der Waals surface area contributed by atoms with Gasteiger partial charge in [0, 0.05) is 8.59 Å². The Kier molecular flexibility index (Phi) is 4.22. The number of nitrogens with zero attached hydrogens (tertiary/aromatic N) is 1. The fraction of sp³-hybridized carbons (Fsp3) is 0.235. The molecule has 21 heavy (non-hydrogen) atoms. The summed E-state index contributed by atoms with van der Waals surface area (Å²) in [6, 6.07) is 14.2. The van der Waals surface area contributed by atoms with E-state index in [-0.39, 0.29) is 12.1 Å². The van der Waals surface area contributed by atoms with Crippen LogP contribution in [0, 0.1) is 10.5 Å². The summed E-state index contributed by atoms with van der Waals surface area (Å²) >= 11 is 8.50. The predicted octanol–water partition coefficient (Wildman–Crippen LogP) is 5.16. The molecule has 1 aliphatic heterocycles. The first-order valence-electron chi connectivity index (χ1n) is 6.81. The Hall–Kier alpha value is -1.07. The SMILES string of the molecule is Cc1cc(Cl)cc(C2=N[C@@H](C)[C@H](c3ccccc3)O2)c1I. The summed E-state index contributed by atoms with van der Waals surface area (Å²) in [5.41, 5.74) is 3.27. The van der Waals surface area contributed by atoms with Crippen LogP contribution in [0.4, 0.5) is 0 Å². The van der Waals surface area contributed by atoms with Gasteiger partial charge in [0.1, 0.15) is 6.10 Å². The van der Waals surface area contributed by atoms with Gasteiger partial charge in [0.25, 0.3) is 0 Å². The smallest absolute Gasteiger partial charge is 0.218 e. The average Bonchev–Trinajstić information content (AvgIpc) is 2.85. The second kappa shape index (κ2) is 5.97.